The van der Waals surface area contributed by atoms with E-state index in [0.29, 0.717) is 5.82 Å². The van der Waals surface area contributed by atoms with Gasteiger partial charge in [-0.25, -0.2) is 4.98 Å². The zero-order valence-electron chi connectivity index (χ0n) is 14.5. The first-order valence-corrected chi connectivity index (χ1v) is 8.74. The summed E-state index contributed by atoms with van der Waals surface area (Å²) in [6, 6.07) is 14.0. The van der Waals surface area contributed by atoms with Gasteiger partial charge in [0, 0.05) is 42.0 Å². The number of aromatic nitrogens is 6. The third kappa shape index (κ3) is 2.69. The number of benzene rings is 1. The van der Waals surface area contributed by atoms with E-state index in [4.69, 9.17) is 5.73 Å². The number of fused-ring (bicyclic) bond motifs is 3. The first kappa shape index (κ1) is 15.5. The lowest BCUT2D eigenvalue weighted by molar-refractivity contribution is 0.629. The Hall–Kier alpha value is -3.74. The molecule has 0 aliphatic heterocycles. The molecule has 0 unspecified atom stereocenters. The van der Waals surface area contributed by atoms with Gasteiger partial charge in [0.2, 0.25) is 0 Å². The number of anilines is 1. The average molecular weight is 355 g/mol. The van der Waals surface area contributed by atoms with Crippen LogP contribution >= 0.6 is 0 Å². The Morgan fingerprint density at radius 2 is 2.00 bits per heavy atom. The number of aromatic amines is 1. The Morgan fingerprint density at radius 3 is 2.81 bits per heavy atom. The van der Waals surface area contributed by atoms with E-state index in [2.05, 4.69) is 37.4 Å². The highest BCUT2D eigenvalue weighted by Crippen LogP contribution is 2.30. The van der Waals surface area contributed by atoms with E-state index < -0.39 is 0 Å². The van der Waals surface area contributed by atoms with Crippen molar-refractivity contribution < 1.29 is 0 Å². The maximum atomic E-state index is 6.21. The van der Waals surface area contributed by atoms with E-state index in [-0.39, 0.29) is 0 Å². The second-order valence-electron chi connectivity index (χ2n) is 6.40. The first-order chi connectivity index (χ1) is 13.3. The number of aryl methyl sites for hydroxylation is 2. The van der Waals surface area contributed by atoms with Gasteiger partial charge in [0.15, 0.2) is 0 Å². The van der Waals surface area contributed by atoms with E-state index in [0.717, 1.165) is 51.7 Å². The summed E-state index contributed by atoms with van der Waals surface area (Å²) in [5.74, 6) is 0.489. The molecule has 0 saturated carbocycles. The van der Waals surface area contributed by atoms with Crippen molar-refractivity contribution >= 4 is 27.6 Å². The number of nitrogen functional groups attached to an aromatic ring is 1. The highest BCUT2D eigenvalue weighted by Gasteiger charge is 2.13. The van der Waals surface area contributed by atoms with Crippen LogP contribution < -0.4 is 5.73 Å². The molecule has 4 heterocycles. The maximum Gasteiger partial charge on any atom is 0.135 e. The van der Waals surface area contributed by atoms with Gasteiger partial charge in [-0.1, -0.05) is 12.1 Å². The van der Waals surface area contributed by atoms with Crippen molar-refractivity contribution in [1.29, 1.82) is 0 Å². The van der Waals surface area contributed by atoms with E-state index in [1.165, 1.54) is 0 Å². The van der Waals surface area contributed by atoms with Crippen molar-refractivity contribution in [2.45, 2.75) is 13.0 Å². The Bertz CT molecular complexity index is 1220. The molecule has 0 fully saturated rings. The topological polar surface area (TPSA) is 98.3 Å². The number of nitrogens with zero attached hydrogens (tertiary/aromatic N) is 5. The molecule has 0 saturated heterocycles. The Labute approximate surface area is 154 Å². The van der Waals surface area contributed by atoms with E-state index in [1.54, 1.807) is 12.4 Å². The minimum Gasteiger partial charge on any atom is -0.383 e. The number of nitrogens with one attached hydrogen (secondary N) is 1. The van der Waals surface area contributed by atoms with Crippen molar-refractivity contribution in [3.05, 3.63) is 66.7 Å². The van der Waals surface area contributed by atoms with Crippen LogP contribution in [0.25, 0.3) is 33.1 Å². The van der Waals surface area contributed by atoms with Gasteiger partial charge >= 0.3 is 0 Å². The van der Waals surface area contributed by atoms with Crippen molar-refractivity contribution in [3.8, 4) is 11.3 Å². The molecule has 0 bridgehead atoms. The summed E-state index contributed by atoms with van der Waals surface area (Å²) in [7, 11) is 0. The molecule has 4 aromatic heterocycles. The van der Waals surface area contributed by atoms with Gasteiger partial charge < -0.3 is 5.73 Å². The van der Waals surface area contributed by atoms with Crippen LogP contribution in [0.3, 0.4) is 0 Å². The molecule has 132 valence electrons. The normalized spacial score (nSPS) is 11.4. The van der Waals surface area contributed by atoms with E-state index >= 15 is 0 Å². The number of H-pyrrole nitrogens is 1. The Balaban J connectivity index is 1.61. The average Bonchev–Trinajstić information content (AvgIpc) is 3.37. The summed E-state index contributed by atoms with van der Waals surface area (Å²) in [5.41, 5.74) is 11.1. The van der Waals surface area contributed by atoms with Crippen LogP contribution in [0.15, 0.2) is 61.1 Å². The van der Waals surface area contributed by atoms with Crippen LogP contribution in [0.4, 0.5) is 5.82 Å². The Morgan fingerprint density at radius 1 is 1.04 bits per heavy atom. The molecule has 3 N–H and O–H groups in total. The first-order valence-electron chi connectivity index (χ1n) is 8.74. The Kier molecular flexibility index (Phi) is 3.57. The summed E-state index contributed by atoms with van der Waals surface area (Å²) in [5, 5.41) is 13.4. The minimum absolute atomic E-state index is 0.489. The van der Waals surface area contributed by atoms with Crippen LogP contribution in [-0.4, -0.2) is 29.9 Å². The lowest BCUT2D eigenvalue weighted by atomic mass is 10.1. The third-order valence-corrected chi connectivity index (χ3v) is 4.73. The van der Waals surface area contributed by atoms with Gasteiger partial charge in [0.25, 0.3) is 0 Å². The molecular weight excluding hydrogens is 338 g/mol. The van der Waals surface area contributed by atoms with Crippen LogP contribution in [0.5, 0.6) is 0 Å². The van der Waals surface area contributed by atoms with Crippen molar-refractivity contribution in [2.75, 3.05) is 5.73 Å². The second kappa shape index (κ2) is 6.21. The fraction of sp³-hybridized carbons (Fsp3) is 0.100. The van der Waals surface area contributed by atoms with Crippen LogP contribution in [0, 0.1) is 0 Å². The number of hydrogen-bond acceptors (Lipinski definition) is 5. The summed E-state index contributed by atoms with van der Waals surface area (Å²) in [6.45, 7) is 0.724. The minimum atomic E-state index is 0.489. The number of nitrogens with two attached hydrogens (primary N) is 1. The van der Waals surface area contributed by atoms with Gasteiger partial charge in [-0.15, -0.1) is 0 Å². The van der Waals surface area contributed by atoms with E-state index in [1.807, 2.05) is 41.2 Å². The fourth-order valence-electron chi connectivity index (χ4n) is 3.39. The van der Waals surface area contributed by atoms with Gasteiger partial charge in [-0.05, 0) is 30.3 Å². The van der Waals surface area contributed by atoms with Crippen molar-refractivity contribution in [3.63, 3.8) is 0 Å². The molecule has 5 aromatic rings. The largest absolute Gasteiger partial charge is 0.383 e. The summed E-state index contributed by atoms with van der Waals surface area (Å²) < 4.78 is 1.99. The quantitative estimate of drug-likeness (QED) is 0.516. The van der Waals surface area contributed by atoms with Crippen LogP contribution in [0.1, 0.15) is 5.69 Å². The smallest absolute Gasteiger partial charge is 0.135 e. The van der Waals surface area contributed by atoms with Crippen molar-refractivity contribution in [2.24, 2.45) is 0 Å². The van der Waals surface area contributed by atoms with Crippen LogP contribution in [-0.2, 0) is 13.0 Å². The van der Waals surface area contributed by atoms with Gasteiger partial charge in [0.05, 0.1) is 28.3 Å². The lowest BCUT2D eigenvalue weighted by Gasteiger charge is -2.08. The van der Waals surface area contributed by atoms with Gasteiger partial charge in [-0.2, -0.15) is 10.2 Å². The molecule has 7 nitrogen and oxygen atoms in total. The molecule has 0 atom stereocenters. The molecule has 0 spiro atoms. The standard InChI is InChI=1S/C20H17N7/c21-20-16-12-24-27(10-7-14-3-1-2-8-22-14)19(16)15-5-4-13(11-18(15)25-20)17-6-9-23-26-17/h1-6,8-9,11-12H,7,10H2,(H2,21,25)(H,23,26). The lowest BCUT2D eigenvalue weighted by Crippen LogP contribution is -2.05. The molecule has 0 amide bonds. The highest BCUT2D eigenvalue weighted by atomic mass is 15.3. The zero-order chi connectivity index (χ0) is 18.2. The molecule has 27 heavy (non-hydrogen) atoms. The predicted octanol–water partition coefficient (Wildman–Crippen LogP) is 3.19. The number of hydrogen-bond donors (Lipinski definition) is 2. The molecular formula is C20H17N7. The molecule has 7 heteroatoms. The summed E-state index contributed by atoms with van der Waals surface area (Å²) in [6.07, 6.45) is 6.13. The molecule has 5 rings (SSSR count). The second-order valence-corrected chi connectivity index (χ2v) is 6.40. The monoisotopic (exact) mass is 355 g/mol. The summed E-state index contributed by atoms with van der Waals surface area (Å²) >= 11 is 0. The fourth-order valence-corrected chi connectivity index (χ4v) is 3.39. The SMILES string of the molecule is Nc1nc2cc(-c3ccn[nH]3)ccc2c2c1cnn2CCc1ccccn1. The molecule has 0 aliphatic rings. The van der Waals surface area contributed by atoms with Crippen LogP contribution in [0.2, 0.25) is 0 Å². The predicted molar refractivity (Wildman–Crippen MR) is 105 cm³/mol. The molecule has 0 aliphatic carbocycles. The highest BCUT2D eigenvalue weighted by molar-refractivity contribution is 6.08. The molecule has 1 aromatic carbocycles. The molecule has 0 radical (unpaired) electrons. The number of rotatable bonds is 4. The van der Waals surface area contributed by atoms with E-state index in [9.17, 15) is 0 Å². The maximum absolute atomic E-state index is 6.21. The number of pyridine rings is 2. The zero-order valence-corrected chi connectivity index (χ0v) is 14.5. The van der Waals surface area contributed by atoms with Gasteiger partial charge in [-0.3, -0.25) is 14.8 Å². The summed E-state index contributed by atoms with van der Waals surface area (Å²) in [4.78, 5) is 8.97. The van der Waals surface area contributed by atoms with Crippen molar-refractivity contribution in [1.82, 2.24) is 29.9 Å². The third-order valence-electron chi connectivity index (χ3n) is 4.73. The van der Waals surface area contributed by atoms with Gasteiger partial charge in [0.1, 0.15) is 5.82 Å².